The van der Waals surface area contributed by atoms with E-state index in [2.05, 4.69) is 21.5 Å². The van der Waals surface area contributed by atoms with Gasteiger partial charge in [0.25, 0.3) is 5.91 Å². The van der Waals surface area contributed by atoms with Crippen molar-refractivity contribution in [1.29, 1.82) is 0 Å². The van der Waals surface area contributed by atoms with Crippen LogP contribution >= 0.6 is 12.2 Å². The first-order valence-electron chi connectivity index (χ1n) is 10.3. The van der Waals surface area contributed by atoms with Gasteiger partial charge in [-0.2, -0.15) is 0 Å². The third kappa shape index (κ3) is 6.72. The van der Waals surface area contributed by atoms with E-state index in [9.17, 15) is 14.4 Å². The molecule has 0 aromatic heterocycles. The number of nitrogens with one attached hydrogen (secondary N) is 4. The molecule has 0 fully saturated rings. The lowest BCUT2D eigenvalue weighted by atomic mass is 10.0. The fraction of sp³-hybridized carbons (Fsp3) is 0.120. The number of rotatable bonds is 5. The van der Waals surface area contributed by atoms with Crippen LogP contribution in [0.5, 0.6) is 0 Å². The third-order valence-electron chi connectivity index (χ3n) is 4.70. The molecule has 0 aliphatic carbocycles. The molecule has 4 N–H and O–H groups in total. The Morgan fingerprint density at radius 1 is 0.879 bits per heavy atom. The standard InChI is InChI=1S/C25H24N4O3S/c1-16(2)23(31)26-20-13-10-19(11-14-20)24(32)28-29-25(33)27-22(30)15-12-18-8-5-7-17-6-3-4-9-21(17)18/h3-16H,1-2H3,(H,26,31)(H,28,32)(H2,27,29,30,33). The number of hydrogen-bond donors (Lipinski definition) is 4. The van der Waals surface area contributed by atoms with Gasteiger partial charge in [0, 0.05) is 23.2 Å². The summed E-state index contributed by atoms with van der Waals surface area (Å²) in [6.07, 6.45) is 3.08. The first-order chi connectivity index (χ1) is 15.8. The van der Waals surface area contributed by atoms with Crippen LogP contribution in [0.1, 0.15) is 29.8 Å². The number of benzene rings is 3. The Hall–Kier alpha value is -4.04. The molecule has 0 aliphatic heterocycles. The number of fused-ring (bicyclic) bond motifs is 1. The Morgan fingerprint density at radius 3 is 2.30 bits per heavy atom. The molecule has 7 nitrogen and oxygen atoms in total. The van der Waals surface area contributed by atoms with Gasteiger partial charge in [-0.3, -0.25) is 30.6 Å². The lowest BCUT2D eigenvalue weighted by Gasteiger charge is -2.11. The van der Waals surface area contributed by atoms with Gasteiger partial charge >= 0.3 is 0 Å². The van der Waals surface area contributed by atoms with Crippen molar-refractivity contribution in [1.82, 2.24) is 16.2 Å². The highest BCUT2D eigenvalue weighted by Crippen LogP contribution is 2.19. The molecule has 0 saturated carbocycles. The summed E-state index contributed by atoms with van der Waals surface area (Å²) in [6, 6.07) is 20.1. The number of carbonyl (C=O) groups excluding carboxylic acids is 3. The smallest absolute Gasteiger partial charge is 0.269 e. The Labute approximate surface area is 197 Å². The zero-order chi connectivity index (χ0) is 23.8. The maximum atomic E-state index is 12.3. The molecule has 8 heteroatoms. The molecule has 0 spiro atoms. The summed E-state index contributed by atoms with van der Waals surface area (Å²) in [7, 11) is 0. The molecule has 0 radical (unpaired) electrons. The van der Waals surface area contributed by atoms with E-state index in [1.807, 2.05) is 42.5 Å². The average Bonchev–Trinajstić information content (AvgIpc) is 2.81. The molecule has 33 heavy (non-hydrogen) atoms. The number of carbonyl (C=O) groups is 3. The Kier molecular flexibility index (Phi) is 7.88. The van der Waals surface area contributed by atoms with Crippen LogP contribution in [0.25, 0.3) is 16.8 Å². The van der Waals surface area contributed by atoms with E-state index in [4.69, 9.17) is 12.2 Å². The second-order valence-electron chi connectivity index (χ2n) is 7.52. The minimum Gasteiger partial charge on any atom is -0.326 e. The van der Waals surface area contributed by atoms with Crippen molar-refractivity contribution in [2.75, 3.05) is 5.32 Å². The van der Waals surface area contributed by atoms with Gasteiger partial charge in [-0.1, -0.05) is 56.3 Å². The van der Waals surface area contributed by atoms with Gasteiger partial charge in [0.1, 0.15) is 0 Å². The van der Waals surface area contributed by atoms with Gasteiger partial charge in [0.05, 0.1) is 0 Å². The van der Waals surface area contributed by atoms with Crippen LogP contribution in [0.3, 0.4) is 0 Å². The van der Waals surface area contributed by atoms with Gasteiger partial charge in [-0.15, -0.1) is 0 Å². The summed E-state index contributed by atoms with van der Waals surface area (Å²) >= 11 is 5.06. The van der Waals surface area contributed by atoms with E-state index in [-0.39, 0.29) is 16.9 Å². The lowest BCUT2D eigenvalue weighted by Crippen LogP contribution is -2.48. The van der Waals surface area contributed by atoms with Crippen molar-refractivity contribution in [3.05, 3.63) is 83.9 Å². The van der Waals surface area contributed by atoms with Crippen molar-refractivity contribution in [2.45, 2.75) is 13.8 Å². The minimum atomic E-state index is -0.445. The monoisotopic (exact) mass is 460 g/mol. The van der Waals surface area contributed by atoms with E-state index in [0.717, 1.165) is 16.3 Å². The minimum absolute atomic E-state index is 0.0447. The lowest BCUT2D eigenvalue weighted by molar-refractivity contribution is -0.119. The molecule has 0 aliphatic rings. The number of amides is 3. The molecule has 3 aromatic rings. The van der Waals surface area contributed by atoms with Crippen LogP contribution in [0, 0.1) is 5.92 Å². The Morgan fingerprint density at radius 2 is 1.58 bits per heavy atom. The topological polar surface area (TPSA) is 99.3 Å². The number of thiocarbonyl (C=S) groups is 1. The molecule has 168 valence electrons. The molecule has 3 rings (SSSR count). The van der Waals surface area contributed by atoms with Gasteiger partial charge in [-0.05, 0) is 58.9 Å². The second kappa shape index (κ2) is 11.0. The molecular formula is C25H24N4O3S. The van der Waals surface area contributed by atoms with E-state index in [1.165, 1.54) is 6.08 Å². The first kappa shape index (κ1) is 23.6. The first-order valence-corrected chi connectivity index (χ1v) is 10.7. The van der Waals surface area contributed by atoms with E-state index in [1.54, 1.807) is 44.2 Å². The van der Waals surface area contributed by atoms with Gasteiger partial charge in [-0.25, -0.2) is 0 Å². The molecule has 0 bridgehead atoms. The number of hydrazine groups is 1. The molecule has 0 atom stereocenters. The summed E-state index contributed by atoms with van der Waals surface area (Å²) in [5.74, 6) is -1.13. The predicted molar refractivity (Wildman–Crippen MR) is 134 cm³/mol. The van der Waals surface area contributed by atoms with Crippen molar-refractivity contribution >= 4 is 57.6 Å². The third-order valence-corrected chi connectivity index (χ3v) is 4.91. The highest BCUT2D eigenvalue weighted by atomic mass is 32.1. The second-order valence-corrected chi connectivity index (χ2v) is 7.93. The fourth-order valence-corrected chi connectivity index (χ4v) is 3.07. The zero-order valence-corrected chi connectivity index (χ0v) is 19.0. The van der Waals surface area contributed by atoms with Gasteiger partial charge in [0.2, 0.25) is 11.8 Å². The number of hydrogen-bond acceptors (Lipinski definition) is 4. The maximum absolute atomic E-state index is 12.3. The summed E-state index contributed by atoms with van der Waals surface area (Å²) in [5.41, 5.74) is 6.78. The van der Waals surface area contributed by atoms with Gasteiger partial charge in [0.15, 0.2) is 5.11 Å². The predicted octanol–water partition coefficient (Wildman–Crippen LogP) is 3.78. The van der Waals surface area contributed by atoms with E-state index in [0.29, 0.717) is 11.3 Å². The SMILES string of the molecule is CC(C)C(=O)Nc1ccc(C(=O)NNC(=S)NC(=O)C=Cc2cccc3ccccc23)cc1. The quantitative estimate of drug-likeness (QED) is 0.264. The largest absolute Gasteiger partial charge is 0.326 e. The highest BCUT2D eigenvalue weighted by molar-refractivity contribution is 7.80. The summed E-state index contributed by atoms with van der Waals surface area (Å²) < 4.78 is 0. The van der Waals surface area contributed by atoms with Crippen LogP contribution in [0.4, 0.5) is 5.69 Å². The average molecular weight is 461 g/mol. The van der Waals surface area contributed by atoms with Crippen molar-refractivity contribution in [2.24, 2.45) is 5.92 Å². The van der Waals surface area contributed by atoms with Crippen molar-refractivity contribution in [3.8, 4) is 0 Å². The van der Waals surface area contributed by atoms with Gasteiger partial charge < -0.3 is 5.32 Å². The van der Waals surface area contributed by atoms with E-state index >= 15 is 0 Å². The van der Waals surface area contributed by atoms with Crippen LogP contribution in [-0.2, 0) is 9.59 Å². The molecule has 3 aromatic carbocycles. The van der Waals surface area contributed by atoms with Crippen LogP contribution in [0.15, 0.2) is 72.8 Å². The fourth-order valence-electron chi connectivity index (χ4n) is 2.92. The van der Waals surface area contributed by atoms with Crippen molar-refractivity contribution in [3.63, 3.8) is 0 Å². The molecule has 0 unspecified atom stereocenters. The summed E-state index contributed by atoms with van der Waals surface area (Å²) in [6.45, 7) is 3.59. The number of anilines is 1. The maximum Gasteiger partial charge on any atom is 0.269 e. The molecular weight excluding hydrogens is 436 g/mol. The zero-order valence-electron chi connectivity index (χ0n) is 18.2. The molecule has 3 amide bonds. The van der Waals surface area contributed by atoms with Crippen LogP contribution in [-0.4, -0.2) is 22.8 Å². The highest BCUT2D eigenvalue weighted by Gasteiger charge is 2.09. The summed E-state index contributed by atoms with van der Waals surface area (Å²) in [4.78, 5) is 36.2. The van der Waals surface area contributed by atoms with Crippen LogP contribution < -0.4 is 21.5 Å². The summed E-state index contributed by atoms with van der Waals surface area (Å²) in [5, 5.41) is 7.30. The van der Waals surface area contributed by atoms with Crippen LogP contribution in [0.2, 0.25) is 0 Å². The molecule has 0 heterocycles. The van der Waals surface area contributed by atoms with Crippen molar-refractivity contribution < 1.29 is 14.4 Å². The molecule has 0 saturated heterocycles. The Bertz CT molecular complexity index is 1210. The normalized spacial score (nSPS) is 10.8. The van der Waals surface area contributed by atoms with E-state index < -0.39 is 11.8 Å². The Balaban J connectivity index is 1.49.